The second-order valence-corrected chi connectivity index (χ2v) is 2.87. The number of nitrogens with zero attached hydrogens (tertiary/aromatic N) is 2. The van der Waals surface area contributed by atoms with Crippen molar-refractivity contribution in [2.45, 2.75) is 0 Å². The number of hydrogen-bond acceptors (Lipinski definition) is 3. The highest BCUT2D eigenvalue weighted by Gasteiger charge is 2.05. The Bertz CT molecular complexity index is 488. The summed E-state index contributed by atoms with van der Waals surface area (Å²) in [6.45, 7) is 0. The van der Waals surface area contributed by atoms with E-state index in [-0.39, 0.29) is 5.84 Å². The second kappa shape index (κ2) is 3.33. The van der Waals surface area contributed by atoms with Crippen LogP contribution in [0.4, 0.5) is 0 Å². The molecular formula is C10H9N3O. The molecule has 0 saturated carbocycles. The van der Waals surface area contributed by atoms with Crippen LogP contribution in [0.3, 0.4) is 0 Å². The van der Waals surface area contributed by atoms with Crippen LogP contribution in [0.1, 0.15) is 5.69 Å². The SMILES string of the molecule is NC(=NO)c1nccc2ccccc12. The summed E-state index contributed by atoms with van der Waals surface area (Å²) in [7, 11) is 0. The van der Waals surface area contributed by atoms with E-state index in [1.807, 2.05) is 30.3 Å². The molecule has 1 aromatic heterocycles. The molecule has 70 valence electrons. The minimum Gasteiger partial charge on any atom is -0.409 e. The summed E-state index contributed by atoms with van der Waals surface area (Å²) in [5.74, 6) is 0.0294. The molecule has 0 aliphatic rings. The molecule has 0 aliphatic heterocycles. The summed E-state index contributed by atoms with van der Waals surface area (Å²) in [5.41, 5.74) is 6.00. The van der Waals surface area contributed by atoms with Crippen molar-refractivity contribution in [1.29, 1.82) is 0 Å². The third kappa shape index (κ3) is 1.26. The van der Waals surface area contributed by atoms with Crippen molar-refractivity contribution >= 4 is 16.6 Å². The average molecular weight is 187 g/mol. The van der Waals surface area contributed by atoms with E-state index >= 15 is 0 Å². The van der Waals surface area contributed by atoms with Crippen LogP contribution in [0.5, 0.6) is 0 Å². The van der Waals surface area contributed by atoms with E-state index < -0.39 is 0 Å². The van der Waals surface area contributed by atoms with Crippen LogP contribution in [-0.4, -0.2) is 16.0 Å². The standard InChI is InChI=1S/C10H9N3O/c11-10(13-14)9-8-4-2-1-3-7(8)5-6-12-9/h1-6,14H,(H2,11,13). The first-order valence-electron chi connectivity index (χ1n) is 4.14. The normalized spacial score (nSPS) is 11.9. The van der Waals surface area contributed by atoms with Crippen molar-refractivity contribution in [2.24, 2.45) is 10.9 Å². The Hall–Kier alpha value is -2.10. The topological polar surface area (TPSA) is 71.5 Å². The lowest BCUT2D eigenvalue weighted by molar-refractivity contribution is 0.318. The number of amidine groups is 1. The fraction of sp³-hybridized carbons (Fsp3) is 0. The van der Waals surface area contributed by atoms with Gasteiger partial charge in [-0.1, -0.05) is 29.4 Å². The maximum Gasteiger partial charge on any atom is 0.189 e. The van der Waals surface area contributed by atoms with Crippen LogP contribution in [0.15, 0.2) is 41.7 Å². The molecule has 0 spiro atoms. The number of fused-ring (bicyclic) bond motifs is 1. The van der Waals surface area contributed by atoms with Crippen molar-refractivity contribution in [2.75, 3.05) is 0 Å². The fourth-order valence-electron chi connectivity index (χ4n) is 1.37. The number of rotatable bonds is 1. The summed E-state index contributed by atoms with van der Waals surface area (Å²) >= 11 is 0. The largest absolute Gasteiger partial charge is 0.409 e. The molecule has 0 radical (unpaired) electrons. The molecule has 0 amide bonds. The first-order valence-corrected chi connectivity index (χ1v) is 4.14. The first kappa shape index (κ1) is 8.50. The van der Waals surface area contributed by atoms with Gasteiger partial charge in [0.25, 0.3) is 0 Å². The quantitative estimate of drug-likeness (QED) is 0.306. The maximum absolute atomic E-state index is 8.57. The van der Waals surface area contributed by atoms with E-state index in [1.54, 1.807) is 6.20 Å². The minimum absolute atomic E-state index is 0.0294. The van der Waals surface area contributed by atoms with E-state index in [0.717, 1.165) is 10.8 Å². The van der Waals surface area contributed by atoms with Crippen LogP contribution in [0, 0.1) is 0 Å². The highest BCUT2D eigenvalue weighted by molar-refractivity contribution is 6.06. The van der Waals surface area contributed by atoms with Crippen LogP contribution in [0.2, 0.25) is 0 Å². The molecule has 4 heteroatoms. The third-order valence-corrected chi connectivity index (χ3v) is 2.02. The summed E-state index contributed by atoms with van der Waals surface area (Å²) < 4.78 is 0. The first-order chi connectivity index (χ1) is 6.83. The molecular weight excluding hydrogens is 178 g/mol. The fourth-order valence-corrected chi connectivity index (χ4v) is 1.37. The smallest absolute Gasteiger partial charge is 0.189 e. The van der Waals surface area contributed by atoms with Crippen molar-refractivity contribution in [3.05, 3.63) is 42.2 Å². The monoisotopic (exact) mass is 187 g/mol. The Kier molecular flexibility index (Phi) is 2.02. The van der Waals surface area contributed by atoms with Gasteiger partial charge < -0.3 is 10.9 Å². The Morgan fingerprint density at radius 3 is 2.86 bits per heavy atom. The van der Waals surface area contributed by atoms with Gasteiger partial charge in [-0.15, -0.1) is 0 Å². The zero-order valence-electron chi connectivity index (χ0n) is 7.38. The second-order valence-electron chi connectivity index (χ2n) is 2.87. The highest BCUT2D eigenvalue weighted by Crippen LogP contribution is 2.15. The molecule has 2 aromatic rings. The molecule has 1 aromatic carbocycles. The molecule has 4 nitrogen and oxygen atoms in total. The predicted octanol–water partition coefficient (Wildman–Crippen LogP) is 1.33. The van der Waals surface area contributed by atoms with Gasteiger partial charge >= 0.3 is 0 Å². The van der Waals surface area contributed by atoms with E-state index in [0.29, 0.717) is 5.69 Å². The lowest BCUT2D eigenvalue weighted by Crippen LogP contribution is -2.15. The van der Waals surface area contributed by atoms with E-state index in [9.17, 15) is 0 Å². The number of benzene rings is 1. The molecule has 0 unspecified atom stereocenters. The highest BCUT2D eigenvalue weighted by atomic mass is 16.4. The van der Waals surface area contributed by atoms with Crippen molar-refractivity contribution in [3.8, 4) is 0 Å². The van der Waals surface area contributed by atoms with Gasteiger partial charge in [-0.05, 0) is 11.5 Å². The van der Waals surface area contributed by atoms with Gasteiger partial charge in [-0.3, -0.25) is 4.98 Å². The zero-order chi connectivity index (χ0) is 9.97. The molecule has 2 rings (SSSR count). The molecule has 0 aliphatic carbocycles. The number of hydrogen-bond donors (Lipinski definition) is 2. The van der Waals surface area contributed by atoms with Crippen LogP contribution < -0.4 is 5.73 Å². The Morgan fingerprint density at radius 2 is 2.07 bits per heavy atom. The summed E-state index contributed by atoms with van der Waals surface area (Å²) in [5, 5.41) is 13.4. The van der Waals surface area contributed by atoms with Gasteiger partial charge in [0.15, 0.2) is 5.84 Å². The predicted molar refractivity (Wildman–Crippen MR) is 54.3 cm³/mol. The van der Waals surface area contributed by atoms with Gasteiger partial charge in [0.2, 0.25) is 0 Å². The number of pyridine rings is 1. The van der Waals surface area contributed by atoms with E-state index in [2.05, 4.69) is 10.1 Å². The van der Waals surface area contributed by atoms with Gasteiger partial charge in [-0.25, -0.2) is 0 Å². The summed E-state index contributed by atoms with van der Waals surface area (Å²) in [4.78, 5) is 4.06. The van der Waals surface area contributed by atoms with Gasteiger partial charge in [0, 0.05) is 11.6 Å². The molecule has 0 bridgehead atoms. The Labute approximate surface area is 80.7 Å². The molecule has 0 atom stereocenters. The van der Waals surface area contributed by atoms with Gasteiger partial charge in [0.1, 0.15) is 5.69 Å². The Balaban J connectivity index is 2.77. The van der Waals surface area contributed by atoms with E-state index in [1.165, 1.54) is 0 Å². The molecule has 3 N–H and O–H groups in total. The zero-order valence-corrected chi connectivity index (χ0v) is 7.38. The minimum atomic E-state index is 0.0294. The Morgan fingerprint density at radius 1 is 1.29 bits per heavy atom. The van der Waals surface area contributed by atoms with Crippen molar-refractivity contribution in [1.82, 2.24) is 4.98 Å². The molecule has 14 heavy (non-hydrogen) atoms. The van der Waals surface area contributed by atoms with Crippen LogP contribution in [0.25, 0.3) is 10.8 Å². The van der Waals surface area contributed by atoms with Crippen LogP contribution >= 0.6 is 0 Å². The number of aromatic nitrogens is 1. The number of nitrogens with two attached hydrogens (primary N) is 1. The van der Waals surface area contributed by atoms with Crippen molar-refractivity contribution in [3.63, 3.8) is 0 Å². The van der Waals surface area contributed by atoms with Gasteiger partial charge in [-0.2, -0.15) is 0 Å². The lowest BCUT2D eigenvalue weighted by atomic mass is 10.1. The van der Waals surface area contributed by atoms with Crippen LogP contribution in [-0.2, 0) is 0 Å². The molecule has 0 saturated heterocycles. The van der Waals surface area contributed by atoms with Gasteiger partial charge in [0.05, 0.1) is 0 Å². The van der Waals surface area contributed by atoms with Crippen molar-refractivity contribution < 1.29 is 5.21 Å². The summed E-state index contributed by atoms with van der Waals surface area (Å²) in [6, 6.07) is 9.53. The lowest BCUT2D eigenvalue weighted by Gasteiger charge is -2.02. The summed E-state index contributed by atoms with van der Waals surface area (Å²) in [6.07, 6.45) is 1.63. The third-order valence-electron chi connectivity index (χ3n) is 2.02. The average Bonchev–Trinajstić information content (AvgIpc) is 2.27. The van der Waals surface area contributed by atoms with E-state index in [4.69, 9.17) is 10.9 Å². The molecule has 1 heterocycles. The number of oxime groups is 1. The maximum atomic E-state index is 8.57. The molecule has 0 fully saturated rings.